The predicted octanol–water partition coefficient (Wildman–Crippen LogP) is 1.27. The second-order valence-electron chi connectivity index (χ2n) is 4.15. The lowest BCUT2D eigenvalue weighted by Crippen LogP contribution is -2.14. The number of hydrogen-bond acceptors (Lipinski definition) is 7. The molecule has 9 nitrogen and oxygen atoms in total. The maximum atomic E-state index is 11.5. The van der Waals surface area contributed by atoms with Crippen LogP contribution >= 0.6 is 0 Å². The average Bonchev–Trinajstić information content (AvgIpc) is 2.45. The molecule has 1 heterocycles. The number of aromatic nitrogens is 2. The highest BCUT2D eigenvalue weighted by Gasteiger charge is 2.21. The number of benzene rings is 1. The van der Waals surface area contributed by atoms with Gasteiger partial charge in [0.25, 0.3) is 5.88 Å². The Balaban J connectivity index is 2.35. The van der Waals surface area contributed by atoms with Crippen molar-refractivity contribution in [3.05, 3.63) is 50.1 Å². The second-order valence-corrected chi connectivity index (χ2v) is 4.15. The van der Waals surface area contributed by atoms with Crippen LogP contribution < -0.4 is 10.3 Å². The Morgan fingerprint density at radius 1 is 1.36 bits per heavy atom. The molecule has 22 heavy (non-hydrogen) atoms. The van der Waals surface area contributed by atoms with Gasteiger partial charge in [0, 0.05) is 0 Å². The van der Waals surface area contributed by atoms with E-state index < -0.39 is 22.0 Å². The van der Waals surface area contributed by atoms with Gasteiger partial charge in [-0.1, -0.05) is 12.1 Å². The zero-order valence-corrected chi connectivity index (χ0v) is 11.3. The molecule has 3 N–H and O–H groups in total. The summed E-state index contributed by atoms with van der Waals surface area (Å²) in [6, 6.07) is 4.54. The average molecular weight is 305 g/mol. The molecule has 2 rings (SSSR count). The Labute approximate surface area is 123 Å². The minimum Gasteiger partial charge on any atom is -0.504 e. The van der Waals surface area contributed by atoms with E-state index in [0.29, 0.717) is 5.56 Å². The van der Waals surface area contributed by atoms with Crippen LogP contribution in [0.25, 0.3) is 12.2 Å². The molecular formula is C13H11N3O6. The second kappa shape index (κ2) is 5.95. The molecule has 0 saturated carbocycles. The molecule has 0 aliphatic rings. The largest absolute Gasteiger partial charge is 0.504 e. The van der Waals surface area contributed by atoms with Crippen LogP contribution in [-0.2, 0) is 0 Å². The lowest BCUT2D eigenvalue weighted by atomic mass is 10.2. The molecule has 114 valence electrons. The van der Waals surface area contributed by atoms with Gasteiger partial charge in [0.2, 0.25) is 0 Å². The lowest BCUT2D eigenvalue weighted by Gasteiger charge is -2.03. The first-order valence-electron chi connectivity index (χ1n) is 5.95. The van der Waals surface area contributed by atoms with Gasteiger partial charge in [-0.2, -0.15) is 4.98 Å². The summed E-state index contributed by atoms with van der Waals surface area (Å²) in [7, 11) is 1.40. The van der Waals surface area contributed by atoms with Gasteiger partial charge in [-0.05, 0) is 23.8 Å². The van der Waals surface area contributed by atoms with E-state index in [1.807, 2.05) is 0 Å². The maximum Gasteiger partial charge on any atom is 0.395 e. The molecule has 0 aliphatic carbocycles. The molecule has 2 aromatic rings. The summed E-state index contributed by atoms with van der Waals surface area (Å²) in [5.74, 6) is -0.786. The number of rotatable bonds is 4. The molecule has 0 bridgehead atoms. The highest BCUT2D eigenvalue weighted by molar-refractivity contribution is 5.68. The van der Waals surface area contributed by atoms with Crippen LogP contribution in [0, 0.1) is 10.1 Å². The van der Waals surface area contributed by atoms with E-state index >= 15 is 0 Å². The van der Waals surface area contributed by atoms with Crippen LogP contribution in [0.4, 0.5) is 5.69 Å². The fourth-order valence-corrected chi connectivity index (χ4v) is 1.69. The minimum atomic E-state index is -1.06. The molecule has 0 radical (unpaired) electrons. The molecule has 9 heteroatoms. The first-order valence-corrected chi connectivity index (χ1v) is 5.95. The number of phenolic OH excluding ortho intramolecular Hbond substituents is 1. The maximum absolute atomic E-state index is 11.5. The zero-order valence-electron chi connectivity index (χ0n) is 11.3. The SMILES string of the molecule is COc1cc(C=Cc2nc(O)c([N+](=O)[O-])c(=O)[nH]2)ccc1O. The number of nitrogens with zero attached hydrogens (tertiary/aromatic N) is 2. The highest BCUT2D eigenvalue weighted by Crippen LogP contribution is 2.27. The number of nitro groups is 1. The van der Waals surface area contributed by atoms with Crippen molar-refractivity contribution in [2.24, 2.45) is 0 Å². The van der Waals surface area contributed by atoms with Crippen LogP contribution in [-0.4, -0.2) is 32.2 Å². The van der Waals surface area contributed by atoms with Gasteiger partial charge in [-0.3, -0.25) is 14.9 Å². The van der Waals surface area contributed by atoms with Crippen molar-refractivity contribution >= 4 is 17.8 Å². The number of methoxy groups -OCH3 is 1. The van der Waals surface area contributed by atoms with E-state index in [0.717, 1.165) is 0 Å². The zero-order chi connectivity index (χ0) is 16.3. The van der Waals surface area contributed by atoms with E-state index in [2.05, 4.69) is 9.97 Å². The summed E-state index contributed by atoms with van der Waals surface area (Å²) < 4.78 is 4.95. The molecule has 0 unspecified atom stereocenters. The van der Waals surface area contributed by atoms with Crippen molar-refractivity contribution < 1.29 is 19.9 Å². The van der Waals surface area contributed by atoms with Gasteiger partial charge in [-0.15, -0.1) is 0 Å². The molecule has 0 amide bonds. The Morgan fingerprint density at radius 2 is 2.09 bits per heavy atom. The number of ether oxygens (including phenoxy) is 1. The van der Waals surface area contributed by atoms with Crippen LogP contribution in [0.2, 0.25) is 0 Å². The monoisotopic (exact) mass is 305 g/mol. The highest BCUT2D eigenvalue weighted by atomic mass is 16.6. The third-order valence-corrected chi connectivity index (χ3v) is 2.71. The molecule has 0 atom stereocenters. The van der Waals surface area contributed by atoms with Gasteiger partial charge >= 0.3 is 11.2 Å². The van der Waals surface area contributed by atoms with E-state index in [1.54, 1.807) is 6.07 Å². The molecule has 0 saturated heterocycles. The van der Waals surface area contributed by atoms with Gasteiger partial charge < -0.3 is 19.9 Å². The van der Waals surface area contributed by atoms with Crippen LogP contribution in [0.15, 0.2) is 23.0 Å². The number of aromatic hydroxyl groups is 2. The Bertz CT molecular complexity index is 812. The quantitative estimate of drug-likeness (QED) is 0.571. The number of aromatic amines is 1. The van der Waals surface area contributed by atoms with Crippen molar-refractivity contribution in [3.8, 4) is 17.4 Å². The summed E-state index contributed by atoms with van der Waals surface area (Å²) >= 11 is 0. The molecule has 0 fully saturated rings. The Hall–Kier alpha value is -3.36. The van der Waals surface area contributed by atoms with Crippen molar-refractivity contribution in [2.45, 2.75) is 0 Å². The third kappa shape index (κ3) is 3.03. The normalized spacial score (nSPS) is 10.8. The molecule has 1 aromatic heterocycles. The smallest absolute Gasteiger partial charge is 0.395 e. The standard InChI is InChI=1S/C13H11N3O6/c1-22-9-6-7(2-4-8(9)17)3-5-10-14-12(18)11(16(20)21)13(19)15-10/h2-6,17H,1H3,(H2,14,15,18,19). The Morgan fingerprint density at radius 3 is 2.68 bits per heavy atom. The van der Waals surface area contributed by atoms with E-state index in [-0.39, 0.29) is 17.3 Å². The topological polar surface area (TPSA) is 139 Å². The molecule has 0 aliphatic heterocycles. The Kier molecular flexibility index (Phi) is 4.07. The van der Waals surface area contributed by atoms with Gasteiger partial charge in [0.15, 0.2) is 11.5 Å². The number of phenols is 1. The fourth-order valence-electron chi connectivity index (χ4n) is 1.69. The third-order valence-electron chi connectivity index (χ3n) is 2.71. The molecule has 0 spiro atoms. The summed E-state index contributed by atoms with van der Waals surface area (Å²) in [5.41, 5.74) is -1.45. The van der Waals surface area contributed by atoms with Crippen LogP contribution in [0.5, 0.6) is 17.4 Å². The van der Waals surface area contributed by atoms with E-state index in [9.17, 15) is 25.1 Å². The summed E-state index contributed by atoms with van der Waals surface area (Å²) in [4.78, 5) is 26.7. The van der Waals surface area contributed by atoms with Gasteiger partial charge in [0.05, 0.1) is 12.0 Å². The summed E-state index contributed by atoms with van der Waals surface area (Å²) in [6.45, 7) is 0. The summed E-state index contributed by atoms with van der Waals surface area (Å²) in [5, 5.41) is 29.4. The van der Waals surface area contributed by atoms with Gasteiger partial charge in [-0.25, -0.2) is 0 Å². The first-order chi connectivity index (χ1) is 10.4. The fraction of sp³-hybridized carbons (Fsp3) is 0.0769. The molecule has 1 aromatic carbocycles. The van der Waals surface area contributed by atoms with Crippen molar-refractivity contribution in [1.82, 2.24) is 9.97 Å². The predicted molar refractivity (Wildman–Crippen MR) is 76.8 cm³/mol. The van der Waals surface area contributed by atoms with Gasteiger partial charge in [0.1, 0.15) is 5.82 Å². The van der Waals surface area contributed by atoms with Crippen molar-refractivity contribution in [3.63, 3.8) is 0 Å². The number of H-pyrrole nitrogens is 1. The summed E-state index contributed by atoms with van der Waals surface area (Å²) in [6.07, 6.45) is 2.86. The van der Waals surface area contributed by atoms with E-state index in [4.69, 9.17) is 4.74 Å². The van der Waals surface area contributed by atoms with Crippen molar-refractivity contribution in [2.75, 3.05) is 7.11 Å². The van der Waals surface area contributed by atoms with Crippen LogP contribution in [0.1, 0.15) is 11.4 Å². The lowest BCUT2D eigenvalue weighted by molar-refractivity contribution is -0.387. The molecular weight excluding hydrogens is 294 g/mol. The number of hydrogen-bond donors (Lipinski definition) is 3. The first kappa shape index (κ1) is 15.0. The minimum absolute atomic E-state index is 0.0286. The number of nitrogens with one attached hydrogen (secondary N) is 1. The van der Waals surface area contributed by atoms with E-state index in [1.165, 1.54) is 31.4 Å². The van der Waals surface area contributed by atoms with Crippen LogP contribution in [0.3, 0.4) is 0 Å². The van der Waals surface area contributed by atoms with Crippen molar-refractivity contribution in [1.29, 1.82) is 0 Å².